The number of aromatic nitrogens is 3. The van der Waals surface area contributed by atoms with Gasteiger partial charge in [-0.3, -0.25) is 4.79 Å². The molecule has 1 atom stereocenters. The van der Waals surface area contributed by atoms with Gasteiger partial charge < -0.3 is 10.3 Å². The molecule has 0 spiro atoms. The number of H-pyrrole nitrogens is 1. The van der Waals surface area contributed by atoms with Crippen molar-refractivity contribution in [3.8, 4) is 0 Å². The Balaban J connectivity index is 1.47. The normalized spacial score (nSPS) is 14.9. The van der Waals surface area contributed by atoms with Gasteiger partial charge in [-0.2, -0.15) is 0 Å². The molecule has 1 aliphatic rings. The Labute approximate surface area is 170 Å². The molecule has 1 fully saturated rings. The second kappa shape index (κ2) is 7.41. The maximum Gasteiger partial charge on any atom is 0.206 e. The highest BCUT2D eigenvalue weighted by Gasteiger charge is 2.28. The average Bonchev–Trinajstić information content (AvgIpc) is 3.26. The van der Waals surface area contributed by atoms with E-state index in [1.54, 1.807) is 0 Å². The van der Waals surface area contributed by atoms with Crippen LogP contribution in [0.15, 0.2) is 65.1 Å². The summed E-state index contributed by atoms with van der Waals surface area (Å²) in [6.07, 6.45) is 4.19. The largest absolute Gasteiger partial charge is 0.360 e. The lowest BCUT2D eigenvalue weighted by atomic mass is 10.0. The molecule has 0 amide bonds. The fourth-order valence-electron chi connectivity index (χ4n) is 3.14. The summed E-state index contributed by atoms with van der Waals surface area (Å²) in [5, 5.41) is 13.3. The van der Waals surface area contributed by atoms with Crippen LogP contribution in [0.4, 0.5) is 5.13 Å². The van der Waals surface area contributed by atoms with Gasteiger partial charge in [0.25, 0.3) is 0 Å². The molecule has 0 radical (unpaired) electrons. The molecule has 2 aromatic heterocycles. The highest BCUT2D eigenvalue weighted by atomic mass is 32.2. The molecule has 0 aliphatic heterocycles. The predicted molar refractivity (Wildman–Crippen MR) is 114 cm³/mol. The van der Waals surface area contributed by atoms with Crippen molar-refractivity contribution in [1.82, 2.24) is 15.2 Å². The number of nitrogens with zero attached hydrogens (tertiary/aromatic N) is 2. The highest BCUT2D eigenvalue weighted by molar-refractivity contribution is 8.02. The van der Waals surface area contributed by atoms with Crippen LogP contribution in [0.2, 0.25) is 0 Å². The van der Waals surface area contributed by atoms with E-state index in [2.05, 4.69) is 20.5 Å². The minimum Gasteiger partial charge on any atom is -0.360 e. The Hall–Kier alpha value is -2.64. The number of thioether (sulfide) groups is 1. The van der Waals surface area contributed by atoms with E-state index >= 15 is 0 Å². The van der Waals surface area contributed by atoms with Crippen LogP contribution in [0.3, 0.4) is 0 Å². The Morgan fingerprint density at radius 1 is 1.11 bits per heavy atom. The third kappa shape index (κ3) is 3.55. The first-order valence-electron chi connectivity index (χ1n) is 9.20. The molecule has 2 heterocycles. The molecule has 5 rings (SSSR count). The van der Waals surface area contributed by atoms with E-state index < -0.39 is 0 Å². The van der Waals surface area contributed by atoms with Gasteiger partial charge in [-0.15, -0.1) is 10.2 Å². The van der Waals surface area contributed by atoms with Crippen molar-refractivity contribution in [3.63, 3.8) is 0 Å². The second-order valence-electron chi connectivity index (χ2n) is 6.81. The van der Waals surface area contributed by atoms with Crippen LogP contribution in [0.5, 0.6) is 0 Å². The summed E-state index contributed by atoms with van der Waals surface area (Å²) in [6, 6.07) is 18.3. The zero-order valence-corrected chi connectivity index (χ0v) is 16.6. The van der Waals surface area contributed by atoms with E-state index in [-0.39, 0.29) is 11.0 Å². The first kappa shape index (κ1) is 17.5. The van der Waals surface area contributed by atoms with Crippen LogP contribution in [0.25, 0.3) is 10.9 Å². The Kier molecular flexibility index (Phi) is 4.62. The SMILES string of the molecule is O=C(c1c[nH]c2ccccc12)[C@H](Sc1nnc(NC2CC2)s1)c1ccccc1. The number of benzene rings is 2. The van der Waals surface area contributed by atoms with Gasteiger partial charge >= 0.3 is 0 Å². The third-order valence-corrected chi connectivity index (χ3v) is 6.92. The van der Waals surface area contributed by atoms with E-state index in [0.717, 1.165) is 25.9 Å². The lowest BCUT2D eigenvalue weighted by Gasteiger charge is -2.14. The van der Waals surface area contributed by atoms with Gasteiger partial charge in [-0.25, -0.2) is 0 Å². The maximum atomic E-state index is 13.5. The third-order valence-electron chi connectivity index (χ3n) is 4.73. The Morgan fingerprint density at radius 2 is 1.89 bits per heavy atom. The minimum absolute atomic E-state index is 0.0700. The molecule has 28 heavy (non-hydrogen) atoms. The number of rotatable bonds is 7. The van der Waals surface area contributed by atoms with Crippen molar-refractivity contribution in [2.45, 2.75) is 28.5 Å². The molecule has 0 unspecified atom stereocenters. The number of Topliss-reactive ketones (excluding diaryl/α,β-unsaturated/α-hetero) is 1. The van der Waals surface area contributed by atoms with E-state index in [1.807, 2.05) is 60.8 Å². The molecular formula is C21H18N4OS2. The molecule has 5 nitrogen and oxygen atoms in total. The molecule has 1 aliphatic carbocycles. The standard InChI is InChI=1S/C21H18N4OS2/c26-18(16-12-22-17-9-5-4-8-15(16)17)19(13-6-2-1-3-7-13)27-21-25-24-20(28-21)23-14-10-11-14/h1-9,12,14,19,22H,10-11H2,(H,23,24)/t19-/m1/s1. The van der Waals surface area contributed by atoms with Gasteiger partial charge in [-0.05, 0) is 24.5 Å². The Morgan fingerprint density at radius 3 is 2.71 bits per heavy atom. The van der Waals surface area contributed by atoms with Crippen molar-refractivity contribution in [3.05, 3.63) is 71.9 Å². The predicted octanol–water partition coefficient (Wildman–Crippen LogP) is 5.31. The van der Waals surface area contributed by atoms with E-state index in [1.165, 1.54) is 35.9 Å². The fraction of sp³-hybridized carbons (Fsp3) is 0.190. The highest BCUT2D eigenvalue weighted by Crippen LogP contribution is 2.41. The number of hydrogen-bond donors (Lipinski definition) is 2. The summed E-state index contributed by atoms with van der Waals surface area (Å²) < 4.78 is 0.796. The van der Waals surface area contributed by atoms with Crippen molar-refractivity contribution in [2.24, 2.45) is 0 Å². The summed E-state index contributed by atoms with van der Waals surface area (Å²) in [7, 11) is 0. The molecular weight excluding hydrogens is 388 g/mol. The lowest BCUT2D eigenvalue weighted by Crippen LogP contribution is -2.09. The number of hydrogen-bond acceptors (Lipinski definition) is 6. The van der Waals surface area contributed by atoms with Crippen molar-refractivity contribution in [1.29, 1.82) is 0 Å². The van der Waals surface area contributed by atoms with Gasteiger partial charge in [-0.1, -0.05) is 71.6 Å². The quantitative estimate of drug-likeness (QED) is 0.321. The number of para-hydroxylation sites is 1. The van der Waals surface area contributed by atoms with Crippen molar-refractivity contribution in [2.75, 3.05) is 5.32 Å². The number of fused-ring (bicyclic) bond motifs is 1. The number of carbonyl (C=O) groups is 1. The van der Waals surface area contributed by atoms with Gasteiger partial charge in [0.15, 0.2) is 10.1 Å². The van der Waals surface area contributed by atoms with Crippen LogP contribution < -0.4 is 5.32 Å². The maximum absolute atomic E-state index is 13.5. The average molecular weight is 407 g/mol. The molecule has 4 aromatic rings. The zero-order valence-electron chi connectivity index (χ0n) is 15.0. The number of ketones is 1. The minimum atomic E-state index is -0.373. The molecule has 0 bridgehead atoms. The van der Waals surface area contributed by atoms with Gasteiger partial charge in [0.1, 0.15) is 5.25 Å². The van der Waals surface area contributed by atoms with Gasteiger partial charge in [0, 0.05) is 28.7 Å². The van der Waals surface area contributed by atoms with E-state index in [9.17, 15) is 4.79 Å². The van der Waals surface area contributed by atoms with Crippen LogP contribution in [0, 0.1) is 0 Å². The summed E-state index contributed by atoms with van der Waals surface area (Å²) in [6.45, 7) is 0. The van der Waals surface area contributed by atoms with E-state index in [0.29, 0.717) is 11.6 Å². The molecule has 2 aromatic carbocycles. The van der Waals surface area contributed by atoms with Crippen LogP contribution in [0.1, 0.15) is 34.0 Å². The summed E-state index contributed by atoms with van der Waals surface area (Å²) in [5.41, 5.74) is 2.64. The Bertz CT molecular complexity index is 1120. The number of carbonyl (C=O) groups excluding carboxylic acids is 1. The summed E-state index contributed by atoms with van der Waals surface area (Å²) in [5.74, 6) is 0.0700. The molecule has 1 saturated carbocycles. The fourth-order valence-corrected chi connectivity index (χ4v) is 5.23. The second-order valence-corrected chi connectivity index (χ2v) is 9.14. The number of anilines is 1. The lowest BCUT2D eigenvalue weighted by molar-refractivity contribution is 0.0991. The topological polar surface area (TPSA) is 70.7 Å². The first-order valence-corrected chi connectivity index (χ1v) is 10.9. The van der Waals surface area contributed by atoms with Crippen LogP contribution in [-0.2, 0) is 0 Å². The van der Waals surface area contributed by atoms with Crippen LogP contribution in [-0.4, -0.2) is 27.0 Å². The number of nitrogens with one attached hydrogen (secondary N) is 2. The monoisotopic (exact) mass is 406 g/mol. The summed E-state index contributed by atoms with van der Waals surface area (Å²) >= 11 is 2.98. The van der Waals surface area contributed by atoms with E-state index in [4.69, 9.17) is 0 Å². The molecule has 140 valence electrons. The number of aromatic amines is 1. The molecule has 0 saturated heterocycles. The zero-order chi connectivity index (χ0) is 18.9. The van der Waals surface area contributed by atoms with Gasteiger partial charge in [0.05, 0.1) is 0 Å². The van der Waals surface area contributed by atoms with Crippen LogP contribution >= 0.6 is 23.1 Å². The summed E-state index contributed by atoms with van der Waals surface area (Å²) in [4.78, 5) is 16.7. The molecule has 7 heteroatoms. The molecule has 2 N–H and O–H groups in total. The van der Waals surface area contributed by atoms with Crippen molar-refractivity contribution >= 4 is 44.9 Å². The van der Waals surface area contributed by atoms with Crippen molar-refractivity contribution < 1.29 is 4.79 Å². The smallest absolute Gasteiger partial charge is 0.206 e. The van der Waals surface area contributed by atoms with Gasteiger partial charge in [0.2, 0.25) is 5.13 Å². The first-order chi connectivity index (χ1) is 13.8.